The van der Waals surface area contributed by atoms with Crippen LogP contribution < -0.4 is 15.4 Å². The van der Waals surface area contributed by atoms with Gasteiger partial charge in [-0.05, 0) is 30.5 Å². The van der Waals surface area contributed by atoms with Crippen LogP contribution in [-0.2, 0) is 14.8 Å². The number of morpholine rings is 1. The Morgan fingerprint density at radius 2 is 1.88 bits per heavy atom. The molecule has 1 aliphatic heterocycles. The molecule has 0 saturated carbocycles. The second-order valence-electron chi connectivity index (χ2n) is 5.36. The minimum atomic E-state index is -3.78. The van der Waals surface area contributed by atoms with Crippen LogP contribution in [0.1, 0.15) is 0 Å². The predicted octanol–water partition coefficient (Wildman–Crippen LogP) is 0.593. The molecule has 1 aliphatic rings. The largest absolute Gasteiger partial charge is 0.412 e. The lowest BCUT2D eigenvalue weighted by Gasteiger charge is -2.29. The highest BCUT2D eigenvalue weighted by atomic mass is 32.2. The molecule has 0 aliphatic carbocycles. The number of benzene rings is 1. The van der Waals surface area contributed by atoms with Gasteiger partial charge in [0.05, 0.1) is 30.0 Å². The number of nitrogen functional groups attached to an aromatic ring is 1. The molecule has 11 heteroatoms. The molecule has 142 valence electrons. The molecule has 1 aromatic carbocycles. The van der Waals surface area contributed by atoms with E-state index >= 15 is 0 Å². The number of nitrogens with two attached hydrogens (primary N) is 1. The molecule has 9 nitrogen and oxygen atoms in total. The SMILES string of the molecule is CSc1ncc(N2CCOCC2)c(NS(=O)(=O)c2ccc(N)cc2)n1.O. The number of anilines is 3. The molecule has 0 atom stereocenters. The van der Waals surface area contributed by atoms with Crippen LogP contribution in [0, 0.1) is 0 Å². The summed E-state index contributed by atoms with van der Waals surface area (Å²) in [4.78, 5) is 10.7. The number of nitrogens with one attached hydrogen (secondary N) is 1. The Kier molecular flexibility index (Phi) is 6.64. The average molecular weight is 399 g/mol. The van der Waals surface area contributed by atoms with Crippen LogP contribution >= 0.6 is 11.8 Å². The molecule has 0 bridgehead atoms. The van der Waals surface area contributed by atoms with Crippen molar-refractivity contribution in [3.05, 3.63) is 30.5 Å². The van der Waals surface area contributed by atoms with Gasteiger partial charge in [0.25, 0.3) is 10.0 Å². The number of nitrogens with zero attached hydrogens (tertiary/aromatic N) is 3. The third-order valence-corrected chi connectivity index (χ3v) is 5.62. The molecule has 2 heterocycles. The Morgan fingerprint density at radius 3 is 2.50 bits per heavy atom. The van der Waals surface area contributed by atoms with Gasteiger partial charge in [0, 0.05) is 18.8 Å². The van der Waals surface area contributed by atoms with Gasteiger partial charge in [-0.25, -0.2) is 18.4 Å². The van der Waals surface area contributed by atoms with Gasteiger partial charge < -0.3 is 20.8 Å². The second kappa shape index (κ2) is 8.54. The summed E-state index contributed by atoms with van der Waals surface area (Å²) in [6, 6.07) is 6.01. The van der Waals surface area contributed by atoms with Crippen molar-refractivity contribution in [2.45, 2.75) is 10.1 Å². The number of hydrogen-bond donors (Lipinski definition) is 2. The molecule has 0 radical (unpaired) electrons. The lowest BCUT2D eigenvalue weighted by molar-refractivity contribution is 0.122. The van der Waals surface area contributed by atoms with E-state index in [9.17, 15) is 8.42 Å². The highest BCUT2D eigenvalue weighted by Gasteiger charge is 2.22. The van der Waals surface area contributed by atoms with E-state index in [2.05, 4.69) is 14.7 Å². The first-order valence-electron chi connectivity index (χ1n) is 7.62. The Bertz CT molecular complexity index is 840. The summed E-state index contributed by atoms with van der Waals surface area (Å²) in [5.74, 6) is 0.262. The molecular weight excluding hydrogens is 378 g/mol. The zero-order chi connectivity index (χ0) is 17.9. The van der Waals surface area contributed by atoms with E-state index in [1.807, 2.05) is 11.2 Å². The third-order valence-electron chi connectivity index (χ3n) is 3.70. The van der Waals surface area contributed by atoms with E-state index in [1.54, 1.807) is 18.3 Å². The maximum absolute atomic E-state index is 12.7. The standard InChI is InChI=1S/C15H19N5O3S2.H2O/c1-24-15-17-10-13(20-6-8-23-9-7-20)14(18-15)19-25(21,22)12-4-2-11(16)3-5-12;/h2-5,10H,6-9,16H2,1H3,(H,17,18,19);1H2. The van der Waals surface area contributed by atoms with Crippen molar-refractivity contribution < 1.29 is 18.6 Å². The summed E-state index contributed by atoms with van der Waals surface area (Å²) < 4.78 is 33.3. The fourth-order valence-electron chi connectivity index (χ4n) is 2.40. The van der Waals surface area contributed by atoms with Crippen LogP contribution in [0.4, 0.5) is 17.2 Å². The van der Waals surface area contributed by atoms with Crippen molar-refractivity contribution in [2.24, 2.45) is 0 Å². The van der Waals surface area contributed by atoms with Crippen molar-refractivity contribution >= 4 is 39.0 Å². The van der Waals surface area contributed by atoms with Gasteiger partial charge >= 0.3 is 0 Å². The van der Waals surface area contributed by atoms with Gasteiger partial charge in [0.2, 0.25) is 0 Å². The van der Waals surface area contributed by atoms with Crippen LogP contribution in [-0.4, -0.2) is 56.4 Å². The molecule has 1 fully saturated rings. The molecule has 0 spiro atoms. The number of hydrogen-bond acceptors (Lipinski definition) is 8. The minimum absolute atomic E-state index is 0. The van der Waals surface area contributed by atoms with E-state index < -0.39 is 10.0 Å². The third kappa shape index (κ3) is 4.55. The van der Waals surface area contributed by atoms with Crippen LogP contribution in [0.25, 0.3) is 0 Å². The second-order valence-corrected chi connectivity index (χ2v) is 7.82. The van der Waals surface area contributed by atoms with Gasteiger partial charge in [0.1, 0.15) is 0 Å². The summed E-state index contributed by atoms with van der Waals surface area (Å²) in [7, 11) is -3.78. The van der Waals surface area contributed by atoms with E-state index in [0.29, 0.717) is 42.8 Å². The highest BCUT2D eigenvalue weighted by molar-refractivity contribution is 7.98. The van der Waals surface area contributed by atoms with Gasteiger partial charge in [-0.1, -0.05) is 11.8 Å². The van der Waals surface area contributed by atoms with E-state index in [1.165, 1.54) is 23.9 Å². The first kappa shape index (κ1) is 20.2. The maximum atomic E-state index is 12.7. The number of sulfonamides is 1. The quantitative estimate of drug-likeness (QED) is 0.423. The fourth-order valence-corrected chi connectivity index (χ4v) is 3.76. The lowest BCUT2D eigenvalue weighted by atomic mass is 10.3. The molecule has 26 heavy (non-hydrogen) atoms. The number of ether oxygens (including phenoxy) is 1. The maximum Gasteiger partial charge on any atom is 0.263 e. The Morgan fingerprint density at radius 1 is 1.23 bits per heavy atom. The molecular formula is C15H21N5O4S2. The minimum Gasteiger partial charge on any atom is -0.412 e. The topological polar surface area (TPSA) is 142 Å². The van der Waals surface area contributed by atoms with Crippen LogP contribution in [0.3, 0.4) is 0 Å². The number of aromatic nitrogens is 2. The molecule has 0 unspecified atom stereocenters. The smallest absolute Gasteiger partial charge is 0.263 e. The summed E-state index contributed by atoms with van der Waals surface area (Å²) in [6.07, 6.45) is 3.48. The van der Waals surface area contributed by atoms with Gasteiger partial charge in [0.15, 0.2) is 11.0 Å². The molecule has 1 saturated heterocycles. The normalized spacial score (nSPS) is 14.6. The zero-order valence-electron chi connectivity index (χ0n) is 14.2. The molecule has 2 aromatic rings. The van der Waals surface area contributed by atoms with Crippen molar-refractivity contribution in [2.75, 3.05) is 47.9 Å². The summed E-state index contributed by atoms with van der Waals surface area (Å²) in [5, 5.41) is 0.493. The van der Waals surface area contributed by atoms with Crippen LogP contribution in [0.2, 0.25) is 0 Å². The summed E-state index contributed by atoms with van der Waals surface area (Å²) >= 11 is 1.35. The number of thioether (sulfide) groups is 1. The molecule has 3 rings (SSSR count). The van der Waals surface area contributed by atoms with Crippen molar-refractivity contribution in [1.82, 2.24) is 9.97 Å². The van der Waals surface area contributed by atoms with Crippen LogP contribution in [0.5, 0.6) is 0 Å². The van der Waals surface area contributed by atoms with Crippen molar-refractivity contribution in [3.63, 3.8) is 0 Å². The van der Waals surface area contributed by atoms with Gasteiger partial charge in [-0.15, -0.1) is 0 Å². The Labute approximate surface area is 156 Å². The molecule has 0 amide bonds. The first-order valence-corrected chi connectivity index (χ1v) is 10.3. The van der Waals surface area contributed by atoms with Crippen LogP contribution in [0.15, 0.2) is 40.5 Å². The van der Waals surface area contributed by atoms with E-state index in [-0.39, 0.29) is 16.2 Å². The summed E-state index contributed by atoms with van der Waals surface area (Å²) in [6.45, 7) is 2.46. The highest BCUT2D eigenvalue weighted by Crippen LogP contribution is 2.28. The molecule has 1 aromatic heterocycles. The monoisotopic (exact) mass is 399 g/mol. The van der Waals surface area contributed by atoms with E-state index in [0.717, 1.165) is 0 Å². The fraction of sp³-hybridized carbons (Fsp3) is 0.333. The average Bonchev–Trinajstić information content (AvgIpc) is 2.62. The summed E-state index contributed by atoms with van der Waals surface area (Å²) in [5.41, 5.74) is 6.76. The first-order chi connectivity index (χ1) is 12.0. The lowest BCUT2D eigenvalue weighted by Crippen LogP contribution is -2.37. The number of rotatable bonds is 5. The van der Waals surface area contributed by atoms with Gasteiger partial charge in [-0.2, -0.15) is 0 Å². The molecule has 5 N–H and O–H groups in total. The van der Waals surface area contributed by atoms with Gasteiger partial charge in [-0.3, -0.25) is 4.72 Å². The van der Waals surface area contributed by atoms with Crippen molar-refractivity contribution in [1.29, 1.82) is 0 Å². The Balaban J connectivity index is 0.00000243. The Hall–Kier alpha value is -2.08. The van der Waals surface area contributed by atoms with E-state index in [4.69, 9.17) is 10.5 Å². The van der Waals surface area contributed by atoms with Crippen molar-refractivity contribution in [3.8, 4) is 0 Å². The zero-order valence-corrected chi connectivity index (χ0v) is 15.8. The predicted molar refractivity (Wildman–Crippen MR) is 102 cm³/mol.